The molecule has 0 aliphatic rings. The molecule has 0 saturated heterocycles. The third-order valence-electron chi connectivity index (χ3n) is 1.61. The van der Waals surface area contributed by atoms with Gasteiger partial charge in [0.2, 0.25) is 0 Å². The fourth-order valence-electron chi connectivity index (χ4n) is 0.939. The van der Waals surface area contributed by atoms with E-state index < -0.39 is 26.5 Å². The zero-order valence-corrected chi connectivity index (χ0v) is 8.06. The van der Waals surface area contributed by atoms with Crippen molar-refractivity contribution in [3.05, 3.63) is 23.8 Å². The first-order valence-corrected chi connectivity index (χ1v) is 5.02. The summed E-state index contributed by atoms with van der Waals surface area (Å²) in [4.78, 5) is 14.3. The molecule has 0 aliphatic heterocycles. The summed E-state index contributed by atoms with van der Waals surface area (Å²) in [6, 6.07) is 2.76. The van der Waals surface area contributed by atoms with Crippen LogP contribution in [0.25, 0.3) is 0 Å². The van der Waals surface area contributed by atoms with Crippen molar-refractivity contribution in [3.8, 4) is 5.75 Å². The fraction of sp³-hybridized carbons (Fsp3) is 0. The van der Waals surface area contributed by atoms with Crippen LogP contribution >= 0.6 is 0 Å². The Kier molecular flexibility index (Phi) is 2.93. The van der Waals surface area contributed by atoms with Gasteiger partial charge in [0.25, 0.3) is 10.1 Å². The normalized spacial score (nSPS) is 11.1. The number of hydrogen-bond acceptors (Lipinski definition) is 5. The SMILES string of the molecule is NOc1ccc(S(=O)(=O)O)cc1C(=O)O. The van der Waals surface area contributed by atoms with Crippen LogP contribution in [-0.4, -0.2) is 24.0 Å². The molecule has 0 amide bonds. The molecule has 7 nitrogen and oxygen atoms in total. The van der Waals surface area contributed by atoms with E-state index in [-0.39, 0.29) is 5.75 Å². The first kappa shape index (κ1) is 11.4. The van der Waals surface area contributed by atoms with E-state index in [1.807, 2.05) is 0 Å². The molecule has 0 heterocycles. The number of carboxylic acid groups (broad SMARTS) is 1. The van der Waals surface area contributed by atoms with Gasteiger partial charge in [-0.05, 0) is 18.2 Å². The molecule has 0 fully saturated rings. The van der Waals surface area contributed by atoms with Gasteiger partial charge in [0.15, 0.2) is 5.75 Å². The molecule has 0 spiro atoms. The van der Waals surface area contributed by atoms with Crippen LogP contribution in [0, 0.1) is 0 Å². The number of rotatable bonds is 3. The van der Waals surface area contributed by atoms with Crippen molar-refractivity contribution in [1.82, 2.24) is 0 Å². The summed E-state index contributed by atoms with van der Waals surface area (Å²) in [6.45, 7) is 0. The molecule has 15 heavy (non-hydrogen) atoms. The lowest BCUT2D eigenvalue weighted by Gasteiger charge is -2.04. The van der Waals surface area contributed by atoms with Crippen LogP contribution in [0.15, 0.2) is 23.1 Å². The van der Waals surface area contributed by atoms with Crippen molar-refractivity contribution < 1.29 is 27.7 Å². The van der Waals surface area contributed by atoms with Crippen molar-refractivity contribution in [2.45, 2.75) is 4.90 Å². The van der Waals surface area contributed by atoms with Gasteiger partial charge >= 0.3 is 5.97 Å². The van der Waals surface area contributed by atoms with Crippen LogP contribution in [0.3, 0.4) is 0 Å². The second-order valence-corrected chi connectivity index (χ2v) is 3.98. The van der Waals surface area contributed by atoms with Crippen LogP contribution in [0.4, 0.5) is 0 Å². The topological polar surface area (TPSA) is 127 Å². The Morgan fingerprint density at radius 3 is 2.40 bits per heavy atom. The molecule has 0 bridgehead atoms. The maximum Gasteiger partial charge on any atom is 0.339 e. The Balaban J connectivity index is 3.42. The molecule has 0 atom stereocenters. The van der Waals surface area contributed by atoms with Crippen molar-refractivity contribution >= 4 is 16.1 Å². The Bertz CT molecular complexity index is 494. The van der Waals surface area contributed by atoms with E-state index in [1.165, 1.54) is 0 Å². The molecular weight excluding hydrogens is 226 g/mol. The Labute approximate surface area is 84.8 Å². The number of carbonyl (C=O) groups is 1. The minimum absolute atomic E-state index is 0.199. The summed E-state index contributed by atoms with van der Waals surface area (Å²) in [5.74, 6) is 3.16. The zero-order valence-electron chi connectivity index (χ0n) is 7.25. The zero-order chi connectivity index (χ0) is 11.6. The lowest BCUT2D eigenvalue weighted by molar-refractivity contribution is 0.0692. The third-order valence-corrected chi connectivity index (χ3v) is 2.46. The highest BCUT2D eigenvalue weighted by molar-refractivity contribution is 7.85. The van der Waals surface area contributed by atoms with E-state index in [2.05, 4.69) is 4.84 Å². The number of nitrogens with two attached hydrogens (primary N) is 1. The van der Waals surface area contributed by atoms with E-state index in [9.17, 15) is 13.2 Å². The van der Waals surface area contributed by atoms with Crippen molar-refractivity contribution in [1.29, 1.82) is 0 Å². The monoisotopic (exact) mass is 233 g/mol. The molecule has 1 aromatic carbocycles. The van der Waals surface area contributed by atoms with Crippen LogP contribution in [0.2, 0.25) is 0 Å². The molecule has 0 radical (unpaired) electrons. The number of benzene rings is 1. The van der Waals surface area contributed by atoms with Gasteiger partial charge in [0.1, 0.15) is 5.56 Å². The van der Waals surface area contributed by atoms with Gasteiger partial charge in [0.05, 0.1) is 4.90 Å². The average Bonchev–Trinajstić information content (AvgIpc) is 2.15. The van der Waals surface area contributed by atoms with E-state index in [4.69, 9.17) is 15.6 Å². The van der Waals surface area contributed by atoms with E-state index in [0.717, 1.165) is 18.2 Å². The van der Waals surface area contributed by atoms with Crippen LogP contribution in [-0.2, 0) is 10.1 Å². The Hall–Kier alpha value is -1.64. The van der Waals surface area contributed by atoms with Crippen molar-refractivity contribution in [2.24, 2.45) is 5.90 Å². The van der Waals surface area contributed by atoms with Crippen LogP contribution < -0.4 is 10.7 Å². The molecule has 0 unspecified atom stereocenters. The molecule has 1 aromatic rings. The van der Waals surface area contributed by atoms with Gasteiger partial charge in [-0.15, -0.1) is 0 Å². The molecule has 4 N–H and O–H groups in total. The lowest BCUT2D eigenvalue weighted by Crippen LogP contribution is -2.09. The Morgan fingerprint density at radius 2 is 2.00 bits per heavy atom. The average molecular weight is 233 g/mol. The molecule has 8 heteroatoms. The summed E-state index contributed by atoms with van der Waals surface area (Å²) < 4.78 is 30.1. The van der Waals surface area contributed by atoms with Crippen LogP contribution in [0.1, 0.15) is 10.4 Å². The minimum atomic E-state index is -4.44. The largest absolute Gasteiger partial charge is 0.478 e. The van der Waals surface area contributed by atoms with E-state index in [0.29, 0.717) is 0 Å². The standard InChI is InChI=1S/C7H7NO6S/c8-14-6-2-1-4(15(11,12)13)3-5(6)7(9)10/h1-3H,8H2,(H,9,10)(H,11,12,13). The smallest absolute Gasteiger partial charge is 0.339 e. The first-order valence-electron chi connectivity index (χ1n) is 3.58. The van der Waals surface area contributed by atoms with Gasteiger partial charge in [-0.2, -0.15) is 14.3 Å². The predicted octanol–water partition coefficient (Wildman–Crippen LogP) is -0.116. The third kappa shape index (κ3) is 2.43. The summed E-state index contributed by atoms with van der Waals surface area (Å²) in [7, 11) is -4.44. The second kappa shape index (κ2) is 3.85. The second-order valence-electron chi connectivity index (χ2n) is 2.56. The molecule has 0 aromatic heterocycles. The van der Waals surface area contributed by atoms with Gasteiger partial charge in [0, 0.05) is 0 Å². The van der Waals surface area contributed by atoms with Gasteiger partial charge in [-0.3, -0.25) is 4.55 Å². The molecular formula is C7H7NO6S. The van der Waals surface area contributed by atoms with Crippen molar-refractivity contribution in [3.63, 3.8) is 0 Å². The maximum atomic E-state index is 10.7. The van der Waals surface area contributed by atoms with E-state index in [1.54, 1.807) is 0 Å². The summed E-state index contributed by atoms with van der Waals surface area (Å²) in [6.07, 6.45) is 0. The van der Waals surface area contributed by atoms with E-state index >= 15 is 0 Å². The summed E-state index contributed by atoms with van der Waals surface area (Å²) in [5, 5.41) is 8.67. The summed E-state index contributed by atoms with van der Waals surface area (Å²) >= 11 is 0. The molecule has 0 saturated carbocycles. The molecule has 82 valence electrons. The Morgan fingerprint density at radius 1 is 1.40 bits per heavy atom. The fourth-order valence-corrected chi connectivity index (χ4v) is 1.45. The molecule has 1 rings (SSSR count). The molecule has 0 aliphatic carbocycles. The number of hydrogen-bond donors (Lipinski definition) is 3. The number of carboxylic acids is 1. The predicted molar refractivity (Wildman–Crippen MR) is 48.0 cm³/mol. The summed E-state index contributed by atoms with van der Waals surface area (Å²) in [5.41, 5.74) is -0.451. The first-order chi connectivity index (χ1) is 6.86. The highest BCUT2D eigenvalue weighted by Gasteiger charge is 2.17. The number of aromatic carboxylic acids is 1. The van der Waals surface area contributed by atoms with Crippen LogP contribution in [0.5, 0.6) is 5.75 Å². The minimum Gasteiger partial charge on any atom is -0.478 e. The maximum absolute atomic E-state index is 10.7. The van der Waals surface area contributed by atoms with Crippen molar-refractivity contribution in [2.75, 3.05) is 0 Å². The lowest BCUT2D eigenvalue weighted by atomic mass is 10.2. The highest BCUT2D eigenvalue weighted by atomic mass is 32.2. The van der Waals surface area contributed by atoms with Gasteiger partial charge in [-0.25, -0.2) is 4.79 Å². The quantitative estimate of drug-likeness (QED) is 0.490. The van der Waals surface area contributed by atoms with Gasteiger partial charge in [-0.1, -0.05) is 0 Å². The highest BCUT2D eigenvalue weighted by Crippen LogP contribution is 2.21. The van der Waals surface area contributed by atoms with Gasteiger partial charge < -0.3 is 9.94 Å².